The Labute approximate surface area is 120 Å². The Morgan fingerprint density at radius 1 is 1.16 bits per heavy atom. The van der Waals surface area contributed by atoms with Gasteiger partial charge in [-0.3, -0.25) is 0 Å². The fraction of sp³-hybridized carbons (Fsp3) is 0.529. The Morgan fingerprint density at radius 2 is 1.63 bits per heavy atom. The van der Waals surface area contributed by atoms with Crippen LogP contribution in [0.15, 0.2) is 47.9 Å². The first-order chi connectivity index (χ1) is 8.79. The van der Waals surface area contributed by atoms with E-state index in [1.165, 1.54) is 0 Å². The van der Waals surface area contributed by atoms with Crippen LogP contribution in [0.4, 0.5) is 0 Å². The Bertz CT molecular complexity index is 344. The molecule has 0 amide bonds. The average Bonchev–Trinajstić information content (AvgIpc) is 2.30. The summed E-state index contributed by atoms with van der Waals surface area (Å²) in [5.74, 6) is 0. The number of nitrogens with one attached hydrogen (secondary N) is 1. The van der Waals surface area contributed by atoms with Crippen molar-refractivity contribution >= 4 is 0 Å². The summed E-state index contributed by atoms with van der Waals surface area (Å²) >= 11 is 0. The van der Waals surface area contributed by atoms with Gasteiger partial charge in [-0.1, -0.05) is 33.1 Å². The lowest BCUT2D eigenvalue weighted by atomic mass is 10.0. The molecule has 0 aromatic rings. The van der Waals surface area contributed by atoms with E-state index in [4.69, 9.17) is 0 Å². The first-order valence-electron chi connectivity index (χ1n) is 6.96. The summed E-state index contributed by atoms with van der Waals surface area (Å²) in [6.07, 6.45) is 4.19. The molecule has 0 radical (unpaired) electrons. The molecule has 0 saturated heterocycles. The number of allylic oxidation sites excluding steroid dienone is 3. The molecule has 1 N–H and O–H groups in total. The normalized spacial score (nSPS) is 11.6. The van der Waals surface area contributed by atoms with E-state index in [1.54, 1.807) is 0 Å². The van der Waals surface area contributed by atoms with Gasteiger partial charge in [0.2, 0.25) is 0 Å². The predicted molar refractivity (Wildman–Crippen MR) is 89.1 cm³/mol. The number of nitrogens with zero attached hydrogens (tertiary/aromatic N) is 1. The zero-order valence-corrected chi connectivity index (χ0v) is 14.1. The maximum absolute atomic E-state index is 4.08. The Balaban J connectivity index is 0. The third-order valence-electron chi connectivity index (χ3n) is 2.35. The SMILES string of the molecule is C=C(C)/C(=C\C(=C/C)N(C)C)C(=C)NC(C)C.CC. The number of rotatable bonds is 6. The van der Waals surface area contributed by atoms with Gasteiger partial charge in [-0.05, 0) is 39.3 Å². The van der Waals surface area contributed by atoms with Crippen molar-refractivity contribution in [3.8, 4) is 0 Å². The standard InChI is InChI=1S/C15H26N2.C2H6/c1-9-14(17(7)8)10-15(11(2)3)13(6)16-12(4)5;1-2/h9-10,12,16H,2,6H2,1,3-5,7-8H3;1-2H3/b14-9+,15-10+;. The molecule has 0 aliphatic rings. The highest BCUT2D eigenvalue weighted by molar-refractivity contribution is 5.46. The van der Waals surface area contributed by atoms with E-state index >= 15 is 0 Å². The second kappa shape index (κ2) is 10.5. The van der Waals surface area contributed by atoms with Gasteiger partial charge >= 0.3 is 0 Å². The van der Waals surface area contributed by atoms with Crippen molar-refractivity contribution in [2.24, 2.45) is 0 Å². The minimum absolute atomic E-state index is 0.374. The average molecular weight is 264 g/mol. The van der Waals surface area contributed by atoms with Gasteiger partial charge < -0.3 is 10.2 Å². The smallest absolute Gasteiger partial charge is 0.0345 e. The van der Waals surface area contributed by atoms with Gasteiger partial charge in [0.25, 0.3) is 0 Å². The Hall–Kier alpha value is -1.44. The summed E-state index contributed by atoms with van der Waals surface area (Å²) < 4.78 is 0. The molecule has 0 saturated carbocycles. The van der Waals surface area contributed by atoms with Crippen LogP contribution in [-0.4, -0.2) is 25.0 Å². The molecule has 0 unspecified atom stereocenters. The third kappa shape index (κ3) is 8.30. The monoisotopic (exact) mass is 264 g/mol. The zero-order chi connectivity index (χ0) is 15.6. The molecule has 0 rings (SSSR count). The lowest BCUT2D eigenvalue weighted by Crippen LogP contribution is -2.23. The van der Waals surface area contributed by atoms with Crippen molar-refractivity contribution in [1.82, 2.24) is 10.2 Å². The lowest BCUT2D eigenvalue weighted by molar-refractivity contribution is 0.528. The molecule has 0 fully saturated rings. The second-order valence-corrected chi connectivity index (χ2v) is 4.72. The van der Waals surface area contributed by atoms with Gasteiger partial charge in [0.1, 0.15) is 0 Å². The van der Waals surface area contributed by atoms with Crippen LogP contribution < -0.4 is 5.32 Å². The number of hydrogen-bond acceptors (Lipinski definition) is 2. The number of hydrogen-bond donors (Lipinski definition) is 1. The molecular formula is C17H32N2. The first-order valence-corrected chi connectivity index (χ1v) is 6.96. The van der Waals surface area contributed by atoms with Crippen molar-refractivity contribution < 1.29 is 0 Å². The van der Waals surface area contributed by atoms with Crippen LogP contribution in [0.3, 0.4) is 0 Å². The number of likely N-dealkylation sites (N-methyl/N-ethyl adjacent to an activating group) is 1. The molecule has 0 atom stereocenters. The predicted octanol–water partition coefficient (Wildman–Crippen LogP) is 4.49. The van der Waals surface area contributed by atoms with Crippen LogP contribution in [0.25, 0.3) is 0 Å². The molecule has 0 heterocycles. The maximum Gasteiger partial charge on any atom is 0.0345 e. The molecule has 0 aromatic heterocycles. The summed E-state index contributed by atoms with van der Waals surface area (Å²) in [5.41, 5.74) is 4.16. The highest BCUT2D eigenvalue weighted by Crippen LogP contribution is 2.18. The van der Waals surface area contributed by atoms with Crippen molar-refractivity contribution in [2.75, 3.05) is 14.1 Å². The molecule has 0 aliphatic heterocycles. The van der Waals surface area contributed by atoms with Crippen LogP contribution in [0.5, 0.6) is 0 Å². The zero-order valence-electron chi connectivity index (χ0n) is 14.1. The molecule has 19 heavy (non-hydrogen) atoms. The van der Waals surface area contributed by atoms with Crippen LogP contribution in [0.2, 0.25) is 0 Å². The van der Waals surface area contributed by atoms with E-state index in [0.717, 1.165) is 22.5 Å². The van der Waals surface area contributed by atoms with Crippen molar-refractivity contribution in [3.05, 3.63) is 47.9 Å². The summed E-state index contributed by atoms with van der Waals surface area (Å²) in [4.78, 5) is 2.07. The van der Waals surface area contributed by atoms with Crippen LogP contribution >= 0.6 is 0 Å². The third-order valence-corrected chi connectivity index (χ3v) is 2.35. The van der Waals surface area contributed by atoms with Crippen LogP contribution in [-0.2, 0) is 0 Å². The molecule has 2 heteroatoms. The van der Waals surface area contributed by atoms with E-state index in [-0.39, 0.29) is 0 Å². The Morgan fingerprint density at radius 3 is 1.89 bits per heavy atom. The largest absolute Gasteiger partial charge is 0.383 e. The fourth-order valence-corrected chi connectivity index (χ4v) is 1.51. The van der Waals surface area contributed by atoms with Gasteiger partial charge in [0.05, 0.1) is 0 Å². The van der Waals surface area contributed by atoms with E-state index in [0.29, 0.717) is 6.04 Å². The highest BCUT2D eigenvalue weighted by atomic mass is 15.1. The molecule has 0 aromatic carbocycles. The lowest BCUT2D eigenvalue weighted by Gasteiger charge is -2.19. The van der Waals surface area contributed by atoms with Gasteiger partial charge in [0.15, 0.2) is 0 Å². The molecule has 0 aliphatic carbocycles. The minimum atomic E-state index is 0.374. The minimum Gasteiger partial charge on any atom is -0.383 e. The van der Waals surface area contributed by atoms with Crippen molar-refractivity contribution in [1.29, 1.82) is 0 Å². The van der Waals surface area contributed by atoms with E-state index in [1.807, 2.05) is 41.8 Å². The van der Waals surface area contributed by atoms with Gasteiger partial charge in [-0.15, -0.1) is 0 Å². The topological polar surface area (TPSA) is 15.3 Å². The van der Waals surface area contributed by atoms with Crippen LogP contribution in [0, 0.1) is 0 Å². The molecule has 110 valence electrons. The summed E-state index contributed by atoms with van der Waals surface area (Å²) in [5, 5.41) is 3.32. The maximum atomic E-state index is 4.08. The second-order valence-electron chi connectivity index (χ2n) is 4.72. The summed E-state index contributed by atoms with van der Waals surface area (Å²) in [7, 11) is 4.06. The van der Waals surface area contributed by atoms with Crippen LogP contribution in [0.1, 0.15) is 41.5 Å². The molecule has 0 spiro atoms. The highest BCUT2D eigenvalue weighted by Gasteiger charge is 2.06. The van der Waals surface area contributed by atoms with Gasteiger partial charge in [-0.2, -0.15) is 0 Å². The quantitative estimate of drug-likeness (QED) is 0.711. The Kier molecular flexibility index (Phi) is 11.0. The molecule has 0 bridgehead atoms. The first kappa shape index (κ1) is 19.9. The molecule has 2 nitrogen and oxygen atoms in total. The van der Waals surface area contributed by atoms with E-state index in [2.05, 4.69) is 49.4 Å². The van der Waals surface area contributed by atoms with Crippen molar-refractivity contribution in [3.63, 3.8) is 0 Å². The fourth-order valence-electron chi connectivity index (χ4n) is 1.51. The summed E-state index contributed by atoms with van der Waals surface area (Å²) in [6, 6.07) is 0.374. The van der Waals surface area contributed by atoms with E-state index < -0.39 is 0 Å². The summed E-state index contributed by atoms with van der Waals surface area (Å²) in [6.45, 7) is 20.3. The van der Waals surface area contributed by atoms with Crippen molar-refractivity contribution in [2.45, 2.75) is 47.6 Å². The van der Waals surface area contributed by atoms with E-state index in [9.17, 15) is 0 Å². The molecular weight excluding hydrogens is 232 g/mol. The van der Waals surface area contributed by atoms with Gasteiger partial charge in [-0.25, -0.2) is 0 Å². The van der Waals surface area contributed by atoms with Gasteiger partial charge in [0, 0.05) is 37.1 Å².